The Labute approximate surface area is 196 Å². The molecule has 33 heavy (non-hydrogen) atoms. The second kappa shape index (κ2) is 9.14. The van der Waals surface area contributed by atoms with Gasteiger partial charge in [0.2, 0.25) is 0 Å². The van der Waals surface area contributed by atoms with Crippen molar-refractivity contribution in [1.29, 1.82) is 0 Å². The number of hydrogen-bond donors (Lipinski definition) is 2. The van der Waals surface area contributed by atoms with Gasteiger partial charge >= 0.3 is 0 Å². The summed E-state index contributed by atoms with van der Waals surface area (Å²) in [5.41, 5.74) is 7.21. The van der Waals surface area contributed by atoms with Gasteiger partial charge in [-0.3, -0.25) is 4.57 Å². The van der Waals surface area contributed by atoms with Crippen molar-refractivity contribution in [2.24, 2.45) is 0 Å². The third-order valence-corrected chi connectivity index (χ3v) is 6.94. The molecule has 1 fully saturated rings. The summed E-state index contributed by atoms with van der Waals surface area (Å²) in [4.78, 5) is 10.0. The zero-order valence-electron chi connectivity index (χ0n) is 20.3. The molecule has 5 heteroatoms. The molecule has 0 saturated heterocycles. The number of aromatic nitrogens is 3. The predicted octanol–water partition coefficient (Wildman–Crippen LogP) is 6.01. The van der Waals surface area contributed by atoms with Crippen molar-refractivity contribution in [3.8, 4) is 5.69 Å². The van der Waals surface area contributed by atoms with Gasteiger partial charge in [-0.25, -0.2) is 9.97 Å². The fourth-order valence-electron chi connectivity index (χ4n) is 5.52. The number of rotatable bonds is 7. The van der Waals surface area contributed by atoms with Crippen LogP contribution in [0.4, 0.5) is 5.82 Å². The molecule has 1 saturated carbocycles. The van der Waals surface area contributed by atoms with Crippen molar-refractivity contribution in [3.63, 3.8) is 0 Å². The summed E-state index contributed by atoms with van der Waals surface area (Å²) in [5.74, 6) is 1.82. The van der Waals surface area contributed by atoms with Gasteiger partial charge in [0.1, 0.15) is 11.6 Å². The van der Waals surface area contributed by atoms with Crippen molar-refractivity contribution in [2.45, 2.75) is 65.8 Å². The topological polar surface area (TPSA) is 54.8 Å². The van der Waals surface area contributed by atoms with Gasteiger partial charge in [-0.05, 0) is 50.8 Å². The SMILES string of the molecule is CCc1nc(NCCNC2CCCC2)c2c3ccccc3n(-c3c(C)cc(C)cc3C)c2n1. The fourth-order valence-corrected chi connectivity index (χ4v) is 5.52. The Balaban J connectivity index is 1.63. The number of aryl methyl sites for hydroxylation is 4. The third-order valence-electron chi connectivity index (χ3n) is 6.94. The highest BCUT2D eigenvalue weighted by molar-refractivity contribution is 6.13. The zero-order chi connectivity index (χ0) is 22.9. The summed E-state index contributed by atoms with van der Waals surface area (Å²) >= 11 is 0. The molecule has 0 aliphatic heterocycles. The first-order chi connectivity index (χ1) is 16.1. The minimum Gasteiger partial charge on any atom is -0.368 e. The number of benzene rings is 2. The summed E-state index contributed by atoms with van der Waals surface area (Å²) in [6.07, 6.45) is 6.13. The van der Waals surface area contributed by atoms with Crippen LogP contribution in [0.2, 0.25) is 0 Å². The average molecular weight is 442 g/mol. The Hall–Kier alpha value is -2.92. The number of anilines is 1. The third kappa shape index (κ3) is 4.10. The first-order valence-electron chi connectivity index (χ1n) is 12.4. The van der Waals surface area contributed by atoms with Crippen LogP contribution in [0.15, 0.2) is 36.4 Å². The van der Waals surface area contributed by atoms with Gasteiger partial charge < -0.3 is 10.6 Å². The van der Waals surface area contributed by atoms with Crippen LogP contribution in [0, 0.1) is 20.8 Å². The quantitative estimate of drug-likeness (QED) is 0.345. The normalized spacial score (nSPS) is 14.5. The van der Waals surface area contributed by atoms with E-state index in [-0.39, 0.29) is 0 Å². The number of fused-ring (bicyclic) bond motifs is 3. The van der Waals surface area contributed by atoms with Gasteiger partial charge in [0.15, 0.2) is 5.65 Å². The Morgan fingerprint density at radius 2 is 1.70 bits per heavy atom. The zero-order valence-corrected chi connectivity index (χ0v) is 20.3. The fraction of sp³-hybridized carbons (Fsp3) is 0.429. The molecule has 2 heterocycles. The molecular formula is C28H35N5. The molecule has 2 aromatic heterocycles. The van der Waals surface area contributed by atoms with Crippen LogP contribution in [-0.4, -0.2) is 33.7 Å². The summed E-state index contributed by atoms with van der Waals surface area (Å²) in [6, 6.07) is 13.8. The second-order valence-corrected chi connectivity index (χ2v) is 9.50. The number of nitrogens with zero attached hydrogens (tertiary/aromatic N) is 3. The van der Waals surface area contributed by atoms with Gasteiger partial charge in [0.25, 0.3) is 0 Å². The molecular weight excluding hydrogens is 406 g/mol. The molecule has 0 bridgehead atoms. The Morgan fingerprint density at radius 1 is 0.970 bits per heavy atom. The molecule has 1 aliphatic carbocycles. The lowest BCUT2D eigenvalue weighted by Crippen LogP contribution is -2.30. The highest BCUT2D eigenvalue weighted by Gasteiger charge is 2.21. The largest absolute Gasteiger partial charge is 0.368 e. The second-order valence-electron chi connectivity index (χ2n) is 9.50. The summed E-state index contributed by atoms with van der Waals surface area (Å²) < 4.78 is 2.34. The molecule has 4 aromatic rings. The van der Waals surface area contributed by atoms with Crippen LogP contribution in [-0.2, 0) is 6.42 Å². The molecule has 0 atom stereocenters. The Kier molecular flexibility index (Phi) is 6.07. The minimum absolute atomic E-state index is 0.679. The van der Waals surface area contributed by atoms with Crippen LogP contribution in [0.5, 0.6) is 0 Å². The molecule has 2 N–H and O–H groups in total. The maximum absolute atomic E-state index is 5.06. The van der Waals surface area contributed by atoms with Crippen LogP contribution >= 0.6 is 0 Å². The van der Waals surface area contributed by atoms with Crippen LogP contribution < -0.4 is 10.6 Å². The van der Waals surface area contributed by atoms with Gasteiger partial charge in [-0.1, -0.05) is 55.7 Å². The van der Waals surface area contributed by atoms with E-state index in [0.717, 1.165) is 42.2 Å². The minimum atomic E-state index is 0.679. The monoisotopic (exact) mass is 441 g/mol. The Morgan fingerprint density at radius 3 is 2.42 bits per heavy atom. The molecule has 0 radical (unpaired) electrons. The maximum Gasteiger partial charge on any atom is 0.151 e. The summed E-state index contributed by atoms with van der Waals surface area (Å²) in [6.45, 7) is 10.5. The van der Waals surface area contributed by atoms with Gasteiger partial charge in [-0.15, -0.1) is 0 Å². The smallest absolute Gasteiger partial charge is 0.151 e. The van der Waals surface area contributed by atoms with Crippen molar-refractivity contribution in [3.05, 3.63) is 58.9 Å². The number of nitrogens with one attached hydrogen (secondary N) is 2. The van der Waals surface area contributed by atoms with Crippen LogP contribution in [0.3, 0.4) is 0 Å². The lowest BCUT2D eigenvalue weighted by Gasteiger charge is -2.16. The first-order valence-corrected chi connectivity index (χ1v) is 12.4. The molecule has 172 valence electrons. The van der Waals surface area contributed by atoms with Crippen LogP contribution in [0.1, 0.15) is 55.1 Å². The molecule has 2 aromatic carbocycles. The van der Waals surface area contributed by atoms with E-state index in [9.17, 15) is 0 Å². The molecule has 0 amide bonds. The molecule has 1 aliphatic rings. The number of hydrogen-bond acceptors (Lipinski definition) is 4. The Bertz CT molecular complexity index is 1270. The van der Waals surface area contributed by atoms with E-state index in [1.54, 1.807) is 0 Å². The lowest BCUT2D eigenvalue weighted by atomic mass is 10.0. The van der Waals surface area contributed by atoms with Gasteiger partial charge in [0.05, 0.1) is 16.6 Å². The molecule has 0 unspecified atom stereocenters. The molecule has 5 rings (SSSR count). The van der Waals surface area contributed by atoms with E-state index in [4.69, 9.17) is 9.97 Å². The van der Waals surface area contributed by atoms with Gasteiger partial charge in [-0.2, -0.15) is 0 Å². The van der Waals surface area contributed by atoms with E-state index in [0.29, 0.717) is 6.04 Å². The van der Waals surface area contributed by atoms with Gasteiger partial charge in [0, 0.05) is 30.9 Å². The van der Waals surface area contributed by atoms with Crippen molar-refractivity contribution >= 4 is 27.8 Å². The van der Waals surface area contributed by atoms with E-state index >= 15 is 0 Å². The van der Waals surface area contributed by atoms with E-state index in [1.165, 1.54) is 59.0 Å². The average Bonchev–Trinajstić information content (AvgIpc) is 3.43. The van der Waals surface area contributed by atoms with E-state index in [1.807, 2.05) is 0 Å². The van der Waals surface area contributed by atoms with Crippen molar-refractivity contribution in [2.75, 3.05) is 18.4 Å². The summed E-state index contributed by atoms with van der Waals surface area (Å²) in [7, 11) is 0. The standard InChI is InChI=1S/C28H35N5/c1-5-24-31-27(30-15-14-29-21-10-6-7-11-21)25-22-12-8-9-13-23(22)33(28(25)32-24)26-19(3)16-18(2)17-20(26)4/h8-9,12-13,16-17,21,29H,5-7,10-11,14-15H2,1-4H3,(H,30,31,32). The lowest BCUT2D eigenvalue weighted by molar-refractivity contribution is 0.536. The van der Waals surface area contributed by atoms with Crippen molar-refractivity contribution < 1.29 is 0 Å². The van der Waals surface area contributed by atoms with E-state index in [2.05, 4.69) is 79.3 Å². The maximum atomic E-state index is 5.06. The number of para-hydroxylation sites is 1. The van der Waals surface area contributed by atoms with Crippen molar-refractivity contribution in [1.82, 2.24) is 19.9 Å². The summed E-state index contributed by atoms with van der Waals surface area (Å²) in [5, 5.41) is 9.67. The predicted molar refractivity (Wildman–Crippen MR) is 139 cm³/mol. The highest BCUT2D eigenvalue weighted by Crippen LogP contribution is 2.36. The van der Waals surface area contributed by atoms with E-state index < -0.39 is 0 Å². The molecule has 0 spiro atoms. The van der Waals surface area contributed by atoms with Crippen LogP contribution in [0.25, 0.3) is 27.6 Å². The first kappa shape index (κ1) is 21.9. The highest BCUT2D eigenvalue weighted by atomic mass is 15.1. The molecule has 5 nitrogen and oxygen atoms in total.